The lowest BCUT2D eigenvalue weighted by molar-refractivity contribution is -0.119. The maximum atomic E-state index is 11.3. The summed E-state index contributed by atoms with van der Waals surface area (Å²) in [7, 11) is 0. The van der Waals surface area contributed by atoms with Gasteiger partial charge in [-0.25, -0.2) is 0 Å². The smallest absolute Gasteiger partial charge is 0.222 e. The summed E-state index contributed by atoms with van der Waals surface area (Å²) in [5.74, 6) is 0.133. The molecule has 1 aliphatic carbocycles. The Morgan fingerprint density at radius 1 is 1.53 bits per heavy atom. The van der Waals surface area contributed by atoms with Gasteiger partial charge in [0.2, 0.25) is 5.91 Å². The number of carbonyl (C=O) groups is 1. The first-order chi connectivity index (χ1) is 8.16. The van der Waals surface area contributed by atoms with Crippen LogP contribution in [0.3, 0.4) is 0 Å². The van der Waals surface area contributed by atoms with Crippen LogP contribution in [0.1, 0.15) is 48.4 Å². The molecule has 2 unspecified atom stereocenters. The van der Waals surface area contributed by atoms with Crippen molar-refractivity contribution in [3.05, 3.63) is 23.0 Å². The first-order valence-corrected chi connectivity index (χ1v) is 6.32. The van der Waals surface area contributed by atoms with Gasteiger partial charge in [-0.1, -0.05) is 0 Å². The zero-order valence-corrected chi connectivity index (χ0v) is 10.1. The van der Waals surface area contributed by atoms with Gasteiger partial charge in [0.05, 0.1) is 12.1 Å². The van der Waals surface area contributed by atoms with E-state index in [2.05, 4.69) is 22.9 Å². The van der Waals surface area contributed by atoms with E-state index in [0.717, 1.165) is 37.1 Å². The molecular weight excluding hydrogens is 216 g/mol. The SMILES string of the molecule is Cc1cc2c(n1C1CNC(=O)C1)CCCC2O. The molecule has 92 valence electrons. The Bertz CT molecular complexity index is 464. The second-order valence-electron chi connectivity index (χ2n) is 5.13. The lowest BCUT2D eigenvalue weighted by atomic mass is 9.95. The molecule has 4 heteroatoms. The number of amides is 1. The molecule has 0 radical (unpaired) electrons. The number of aromatic nitrogens is 1. The minimum absolute atomic E-state index is 0.133. The van der Waals surface area contributed by atoms with Crippen LogP contribution in [0, 0.1) is 6.92 Å². The Morgan fingerprint density at radius 3 is 3.06 bits per heavy atom. The van der Waals surface area contributed by atoms with E-state index in [-0.39, 0.29) is 18.1 Å². The van der Waals surface area contributed by atoms with Crippen molar-refractivity contribution in [1.82, 2.24) is 9.88 Å². The third-order valence-corrected chi connectivity index (χ3v) is 3.94. The normalized spacial score (nSPS) is 28.0. The number of hydrogen-bond donors (Lipinski definition) is 2. The molecule has 1 fully saturated rings. The molecule has 17 heavy (non-hydrogen) atoms. The van der Waals surface area contributed by atoms with Crippen molar-refractivity contribution in [2.24, 2.45) is 0 Å². The van der Waals surface area contributed by atoms with Gasteiger partial charge in [0.15, 0.2) is 0 Å². The topological polar surface area (TPSA) is 54.3 Å². The number of aliphatic hydroxyl groups is 1. The molecule has 1 aromatic heterocycles. The molecule has 4 nitrogen and oxygen atoms in total. The maximum absolute atomic E-state index is 11.3. The maximum Gasteiger partial charge on any atom is 0.222 e. The minimum Gasteiger partial charge on any atom is -0.388 e. The average molecular weight is 234 g/mol. The molecule has 0 spiro atoms. The van der Waals surface area contributed by atoms with E-state index in [1.165, 1.54) is 5.69 Å². The van der Waals surface area contributed by atoms with Crippen LogP contribution in [0.5, 0.6) is 0 Å². The van der Waals surface area contributed by atoms with Gasteiger partial charge in [-0.15, -0.1) is 0 Å². The summed E-state index contributed by atoms with van der Waals surface area (Å²) in [4.78, 5) is 11.3. The van der Waals surface area contributed by atoms with Crippen LogP contribution in [0.15, 0.2) is 6.07 Å². The second-order valence-corrected chi connectivity index (χ2v) is 5.13. The van der Waals surface area contributed by atoms with E-state index in [1.807, 2.05) is 0 Å². The molecular formula is C13H18N2O2. The molecule has 1 aromatic rings. The first-order valence-electron chi connectivity index (χ1n) is 6.32. The molecule has 2 N–H and O–H groups in total. The van der Waals surface area contributed by atoms with Crippen molar-refractivity contribution in [1.29, 1.82) is 0 Å². The highest BCUT2D eigenvalue weighted by molar-refractivity contribution is 5.78. The summed E-state index contributed by atoms with van der Waals surface area (Å²) in [5.41, 5.74) is 3.48. The Morgan fingerprint density at radius 2 is 2.35 bits per heavy atom. The Balaban J connectivity index is 2.02. The molecule has 2 aliphatic rings. The lowest BCUT2D eigenvalue weighted by Gasteiger charge is -2.23. The molecule has 1 aliphatic heterocycles. The molecule has 2 atom stereocenters. The number of rotatable bonds is 1. The number of carbonyl (C=O) groups excluding carboxylic acids is 1. The molecule has 1 amide bonds. The van der Waals surface area contributed by atoms with E-state index in [0.29, 0.717) is 6.42 Å². The van der Waals surface area contributed by atoms with Gasteiger partial charge >= 0.3 is 0 Å². The molecule has 0 aromatic carbocycles. The van der Waals surface area contributed by atoms with Crippen molar-refractivity contribution >= 4 is 5.91 Å². The first kappa shape index (κ1) is 10.8. The van der Waals surface area contributed by atoms with E-state index >= 15 is 0 Å². The predicted molar refractivity (Wildman–Crippen MR) is 63.7 cm³/mol. The van der Waals surface area contributed by atoms with E-state index in [1.54, 1.807) is 0 Å². The number of aliphatic hydroxyl groups excluding tert-OH is 1. The van der Waals surface area contributed by atoms with Gasteiger partial charge in [-0.3, -0.25) is 4.79 Å². The number of fused-ring (bicyclic) bond motifs is 1. The third kappa shape index (κ3) is 1.67. The van der Waals surface area contributed by atoms with Crippen LogP contribution in [-0.2, 0) is 11.2 Å². The number of nitrogens with one attached hydrogen (secondary N) is 1. The fraction of sp³-hybridized carbons (Fsp3) is 0.615. The zero-order valence-electron chi connectivity index (χ0n) is 10.1. The highest BCUT2D eigenvalue weighted by atomic mass is 16.3. The van der Waals surface area contributed by atoms with Gasteiger partial charge in [0.25, 0.3) is 0 Å². The molecule has 0 bridgehead atoms. The Kier molecular flexibility index (Phi) is 2.47. The van der Waals surface area contributed by atoms with E-state index in [9.17, 15) is 9.90 Å². The second kappa shape index (κ2) is 3.88. The molecule has 3 rings (SSSR count). The van der Waals surface area contributed by atoms with Crippen molar-refractivity contribution in [3.63, 3.8) is 0 Å². The zero-order chi connectivity index (χ0) is 12.0. The van der Waals surface area contributed by atoms with Crippen LogP contribution >= 0.6 is 0 Å². The number of nitrogens with zero attached hydrogens (tertiary/aromatic N) is 1. The fourth-order valence-corrected chi connectivity index (χ4v) is 3.18. The summed E-state index contributed by atoms with van der Waals surface area (Å²) < 4.78 is 2.26. The quantitative estimate of drug-likeness (QED) is 0.768. The Hall–Kier alpha value is -1.29. The Labute approximate surface area is 101 Å². The van der Waals surface area contributed by atoms with Gasteiger partial charge in [-0.05, 0) is 32.3 Å². The van der Waals surface area contributed by atoms with E-state index in [4.69, 9.17) is 0 Å². The van der Waals surface area contributed by atoms with Crippen molar-refractivity contribution in [2.45, 2.75) is 44.8 Å². The van der Waals surface area contributed by atoms with Gasteiger partial charge in [-0.2, -0.15) is 0 Å². The van der Waals surface area contributed by atoms with Crippen molar-refractivity contribution < 1.29 is 9.90 Å². The molecule has 0 saturated carbocycles. The highest BCUT2D eigenvalue weighted by Gasteiger charge is 2.30. The largest absolute Gasteiger partial charge is 0.388 e. The van der Waals surface area contributed by atoms with Crippen LogP contribution in [0.25, 0.3) is 0 Å². The fourth-order valence-electron chi connectivity index (χ4n) is 3.18. The molecule has 1 saturated heterocycles. The average Bonchev–Trinajstić information content (AvgIpc) is 2.82. The summed E-state index contributed by atoms with van der Waals surface area (Å²) in [6.07, 6.45) is 3.16. The van der Waals surface area contributed by atoms with Crippen LogP contribution in [0.4, 0.5) is 0 Å². The molecule has 2 heterocycles. The third-order valence-electron chi connectivity index (χ3n) is 3.94. The minimum atomic E-state index is -0.316. The summed E-state index contributed by atoms with van der Waals surface area (Å²) >= 11 is 0. The monoisotopic (exact) mass is 234 g/mol. The lowest BCUT2D eigenvalue weighted by Crippen LogP contribution is -2.19. The van der Waals surface area contributed by atoms with Gasteiger partial charge in [0, 0.05) is 29.9 Å². The highest BCUT2D eigenvalue weighted by Crippen LogP contribution is 2.35. The number of aryl methyl sites for hydroxylation is 1. The summed E-state index contributed by atoms with van der Waals surface area (Å²) in [6.45, 7) is 2.78. The summed E-state index contributed by atoms with van der Waals surface area (Å²) in [6, 6.07) is 2.32. The van der Waals surface area contributed by atoms with E-state index < -0.39 is 0 Å². The van der Waals surface area contributed by atoms with Crippen molar-refractivity contribution in [3.8, 4) is 0 Å². The van der Waals surface area contributed by atoms with Crippen LogP contribution < -0.4 is 5.32 Å². The standard InChI is InChI=1S/C13H18N2O2/c1-8-5-10-11(3-2-4-12(10)16)15(8)9-6-13(17)14-7-9/h5,9,12,16H,2-4,6-7H2,1H3,(H,14,17). The van der Waals surface area contributed by atoms with Crippen molar-refractivity contribution in [2.75, 3.05) is 6.54 Å². The van der Waals surface area contributed by atoms with Crippen LogP contribution in [-0.4, -0.2) is 22.1 Å². The van der Waals surface area contributed by atoms with Gasteiger partial charge in [0.1, 0.15) is 0 Å². The number of hydrogen-bond acceptors (Lipinski definition) is 2. The predicted octanol–water partition coefficient (Wildman–Crippen LogP) is 1.23. The van der Waals surface area contributed by atoms with Crippen LogP contribution in [0.2, 0.25) is 0 Å². The van der Waals surface area contributed by atoms with Gasteiger partial charge < -0.3 is 15.0 Å². The summed E-state index contributed by atoms with van der Waals surface area (Å²) in [5, 5.41) is 12.9.